The van der Waals surface area contributed by atoms with Crippen molar-refractivity contribution in [3.05, 3.63) is 42.0 Å². The van der Waals surface area contributed by atoms with E-state index >= 15 is 0 Å². The molecule has 1 fully saturated rings. The fourth-order valence-corrected chi connectivity index (χ4v) is 3.12. The first-order valence-electron chi connectivity index (χ1n) is 7.84. The predicted molar refractivity (Wildman–Crippen MR) is 95.0 cm³/mol. The Labute approximate surface area is 140 Å². The molecule has 2 aromatic heterocycles. The third-order valence-electron chi connectivity index (χ3n) is 4.42. The molecule has 0 unspecified atom stereocenters. The van der Waals surface area contributed by atoms with E-state index in [0.717, 1.165) is 42.5 Å². The Balaban J connectivity index is 1.74. The van der Waals surface area contributed by atoms with Crippen molar-refractivity contribution in [2.24, 2.45) is 9.98 Å². The highest BCUT2D eigenvalue weighted by molar-refractivity contribution is 6.02. The van der Waals surface area contributed by atoms with E-state index in [1.807, 2.05) is 19.3 Å². The molecule has 24 heavy (non-hydrogen) atoms. The number of anilines is 1. The maximum absolute atomic E-state index is 13.0. The Bertz CT molecular complexity index is 736. The second-order valence-electron chi connectivity index (χ2n) is 5.78. The highest BCUT2D eigenvalue weighted by atomic mass is 19.1. The van der Waals surface area contributed by atoms with Crippen molar-refractivity contribution in [1.29, 1.82) is 0 Å². The number of H-pyrrole nitrogens is 1. The molecule has 0 aromatic carbocycles. The first kappa shape index (κ1) is 16.2. The molecule has 0 radical (unpaired) electrons. The SMILES string of the molecule is C=Nc1[nH]ccc1C(=NC)N1CC[C@@H](N(C)c2ccc(F)cn2)C1. The molecule has 1 aliphatic heterocycles. The number of aliphatic imine (C=N–C) groups is 2. The van der Waals surface area contributed by atoms with Crippen LogP contribution in [-0.4, -0.2) is 60.6 Å². The summed E-state index contributed by atoms with van der Waals surface area (Å²) in [7, 11) is 3.78. The van der Waals surface area contributed by atoms with Crippen LogP contribution in [0.2, 0.25) is 0 Å². The summed E-state index contributed by atoms with van der Waals surface area (Å²) in [6.45, 7) is 5.31. The highest BCUT2D eigenvalue weighted by Gasteiger charge is 2.29. The summed E-state index contributed by atoms with van der Waals surface area (Å²) < 4.78 is 13.0. The predicted octanol–water partition coefficient (Wildman–Crippen LogP) is 2.47. The van der Waals surface area contributed by atoms with Crippen molar-refractivity contribution in [3.63, 3.8) is 0 Å². The second kappa shape index (κ2) is 6.82. The van der Waals surface area contributed by atoms with Gasteiger partial charge in [0.15, 0.2) is 0 Å². The van der Waals surface area contributed by atoms with Crippen LogP contribution in [0.3, 0.4) is 0 Å². The van der Waals surface area contributed by atoms with E-state index in [9.17, 15) is 4.39 Å². The zero-order valence-corrected chi connectivity index (χ0v) is 13.9. The molecule has 0 bridgehead atoms. The molecule has 0 aliphatic carbocycles. The second-order valence-corrected chi connectivity index (χ2v) is 5.78. The number of likely N-dealkylation sites (tertiary alicyclic amines) is 1. The molecule has 0 amide bonds. The maximum Gasteiger partial charge on any atom is 0.141 e. The van der Waals surface area contributed by atoms with Crippen molar-refractivity contribution >= 4 is 24.2 Å². The smallest absolute Gasteiger partial charge is 0.141 e. The van der Waals surface area contributed by atoms with Crippen LogP contribution in [0.1, 0.15) is 12.0 Å². The van der Waals surface area contributed by atoms with Crippen molar-refractivity contribution in [2.75, 3.05) is 32.1 Å². The van der Waals surface area contributed by atoms with E-state index < -0.39 is 0 Å². The van der Waals surface area contributed by atoms with Gasteiger partial charge in [0.25, 0.3) is 0 Å². The van der Waals surface area contributed by atoms with E-state index in [1.54, 1.807) is 13.1 Å². The molecule has 0 saturated carbocycles. The summed E-state index contributed by atoms with van der Waals surface area (Å²) in [5.74, 6) is 2.08. The zero-order valence-electron chi connectivity index (χ0n) is 13.9. The summed E-state index contributed by atoms with van der Waals surface area (Å²) >= 11 is 0. The minimum Gasteiger partial charge on any atom is -0.355 e. The number of aromatic amines is 1. The van der Waals surface area contributed by atoms with E-state index in [0.29, 0.717) is 6.04 Å². The van der Waals surface area contributed by atoms with Crippen LogP contribution >= 0.6 is 0 Å². The van der Waals surface area contributed by atoms with Crippen molar-refractivity contribution < 1.29 is 4.39 Å². The zero-order chi connectivity index (χ0) is 17.1. The minimum absolute atomic E-state index is 0.291. The Hall–Kier alpha value is -2.70. The lowest BCUT2D eigenvalue weighted by molar-refractivity contribution is 0.505. The molecule has 1 N–H and O–H groups in total. The van der Waals surface area contributed by atoms with Gasteiger partial charge in [0.2, 0.25) is 0 Å². The highest BCUT2D eigenvalue weighted by Crippen LogP contribution is 2.24. The van der Waals surface area contributed by atoms with Gasteiger partial charge in [-0.25, -0.2) is 14.4 Å². The number of hydrogen-bond acceptors (Lipinski definition) is 4. The van der Waals surface area contributed by atoms with Crippen LogP contribution in [0.25, 0.3) is 0 Å². The Morgan fingerprint density at radius 3 is 2.96 bits per heavy atom. The van der Waals surface area contributed by atoms with Gasteiger partial charge in [0.1, 0.15) is 23.3 Å². The summed E-state index contributed by atoms with van der Waals surface area (Å²) in [6.07, 6.45) is 4.07. The van der Waals surface area contributed by atoms with Gasteiger partial charge < -0.3 is 14.8 Å². The van der Waals surface area contributed by atoms with Crippen LogP contribution in [0.4, 0.5) is 16.0 Å². The topological polar surface area (TPSA) is 59.9 Å². The van der Waals surface area contributed by atoms with Gasteiger partial charge in [0.05, 0.1) is 11.8 Å². The van der Waals surface area contributed by atoms with Crippen molar-refractivity contribution in [2.45, 2.75) is 12.5 Å². The van der Waals surface area contributed by atoms with Crippen LogP contribution in [0.15, 0.2) is 40.6 Å². The summed E-state index contributed by atoms with van der Waals surface area (Å²) in [5, 5.41) is 0. The molecule has 7 heteroatoms. The molecule has 0 spiro atoms. The number of nitrogens with zero attached hydrogens (tertiary/aromatic N) is 5. The van der Waals surface area contributed by atoms with Crippen LogP contribution in [-0.2, 0) is 0 Å². The molecular formula is C17H21FN6. The minimum atomic E-state index is -0.322. The standard InChI is InChI=1S/C17H21FN6/c1-19-16-14(6-8-21-16)17(20-2)24-9-7-13(11-24)23(3)15-5-4-12(18)10-22-15/h4-6,8,10,13,21H,1,7,9,11H2,2-3H3/t13-/m1/s1. The number of hydrogen-bond donors (Lipinski definition) is 1. The molecule has 6 nitrogen and oxygen atoms in total. The fourth-order valence-electron chi connectivity index (χ4n) is 3.12. The fraction of sp³-hybridized carbons (Fsp3) is 0.353. The Kier molecular flexibility index (Phi) is 4.59. The van der Waals surface area contributed by atoms with Gasteiger partial charge in [-0.15, -0.1) is 0 Å². The number of rotatable bonds is 4. The third-order valence-corrected chi connectivity index (χ3v) is 4.42. The number of likely N-dealkylation sites (N-methyl/N-ethyl adjacent to an activating group) is 1. The van der Waals surface area contributed by atoms with E-state index in [2.05, 4.69) is 36.5 Å². The average molecular weight is 328 g/mol. The van der Waals surface area contributed by atoms with Gasteiger partial charge in [0, 0.05) is 39.4 Å². The summed E-state index contributed by atoms with van der Waals surface area (Å²) in [4.78, 5) is 20.0. The summed E-state index contributed by atoms with van der Waals surface area (Å²) in [5.41, 5.74) is 0.954. The lowest BCUT2D eigenvalue weighted by Crippen LogP contribution is -2.37. The van der Waals surface area contributed by atoms with Crippen LogP contribution in [0, 0.1) is 5.82 Å². The molecule has 2 aromatic rings. The monoisotopic (exact) mass is 328 g/mol. The molecule has 1 saturated heterocycles. The first-order chi connectivity index (χ1) is 11.6. The molecule has 1 aliphatic rings. The number of pyridine rings is 1. The van der Waals surface area contributed by atoms with Gasteiger partial charge in [-0.3, -0.25) is 4.99 Å². The van der Waals surface area contributed by atoms with E-state index in [-0.39, 0.29) is 5.82 Å². The number of amidine groups is 1. The molecule has 126 valence electrons. The van der Waals surface area contributed by atoms with Gasteiger partial charge in [-0.2, -0.15) is 0 Å². The van der Waals surface area contributed by atoms with Crippen molar-refractivity contribution in [3.8, 4) is 0 Å². The normalized spacial score (nSPS) is 18.0. The van der Waals surface area contributed by atoms with E-state index in [1.165, 1.54) is 12.3 Å². The molecule has 3 rings (SSSR count). The van der Waals surface area contributed by atoms with E-state index in [4.69, 9.17) is 0 Å². The van der Waals surface area contributed by atoms with Crippen molar-refractivity contribution in [1.82, 2.24) is 14.9 Å². The maximum atomic E-state index is 13.0. The third kappa shape index (κ3) is 3.02. The Morgan fingerprint density at radius 1 is 1.46 bits per heavy atom. The van der Waals surface area contributed by atoms with Crippen LogP contribution in [0.5, 0.6) is 0 Å². The Morgan fingerprint density at radius 2 is 2.29 bits per heavy atom. The summed E-state index contributed by atoms with van der Waals surface area (Å²) in [6, 6.07) is 5.40. The largest absolute Gasteiger partial charge is 0.355 e. The van der Waals surface area contributed by atoms with Gasteiger partial charge in [-0.1, -0.05) is 0 Å². The molecule has 1 atom stereocenters. The average Bonchev–Trinajstić information content (AvgIpc) is 3.25. The molecule has 3 heterocycles. The van der Waals surface area contributed by atoms with Gasteiger partial charge >= 0.3 is 0 Å². The number of aromatic nitrogens is 2. The molecular weight excluding hydrogens is 307 g/mol. The number of nitrogens with one attached hydrogen (secondary N) is 1. The lowest BCUT2D eigenvalue weighted by Gasteiger charge is -2.26. The quantitative estimate of drug-likeness (QED) is 0.693. The van der Waals surface area contributed by atoms with Gasteiger partial charge in [-0.05, 0) is 31.3 Å². The lowest BCUT2D eigenvalue weighted by atomic mass is 10.2. The first-order valence-corrected chi connectivity index (χ1v) is 7.84. The van der Waals surface area contributed by atoms with Crippen LogP contribution < -0.4 is 4.90 Å². The number of halogens is 1.